The molecule has 0 unspecified atom stereocenters. The summed E-state index contributed by atoms with van der Waals surface area (Å²) in [6.07, 6.45) is 2.54. The molecule has 2 N–H and O–H groups in total. The van der Waals surface area contributed by atoms with E-state index in [1.807, 2.05) is 38.1 Å². The summed E-state index contributed by atoms with van der Waals surface area (Å²) in [6.45, 7) is 4.02. The van der Waals surface area contributed by atoms with Gasteiger partial charge in [0, 0.05) is 18.3 Å². The Kier molecular flexibility index (Phi) is 3.92. The Morgan fingerprint density at radius 2 is 2.00 bits per heavy atom. The van der Waals surface area contributed by atoms with Gasteiger partial charge >= 0.3 is 5.97 Å². The molecule has 0 spiro atoms. The predicted octanol–water partition coefficient (Wildman–Crippen LogP) is 2.24. The summed E-state index contributed by atoms with van der Waals surface area (Å²) in [7, 11) is 0. The number of rotatable bonds is 4. The first-order valence-electron chi connectivity index (χ1n) is 4.81. The zero-order valence-electron chi connectivity index (χ0n) is 8.90. The Morgan fingerprint density at radius 3 is 2.53 bits per heavy atom. The van der Waals surface area contributed by atoms with Crippen LogP contribution in [-0.2, 0) is 4.79 Å². The quantitative estimate of drug-likeness (QED) is 0.741. The van der Waals surface area contributed by atoms with Crippen LogP contribution in [0, 0.1) is 6.92 Å². The van der Waals surface area contributed by atoms with Crippen LogP contribution in [0.15, 0.2) is 36.5 Å². The van der Waals surface area contributed by atoms with Crippen LogP contribution in [0.5, 0.6) is 0 Å². The van der Waals surface area contributed by atoms with Gasteiger partial charge in [-0.2, -0.15) is 0 Å². The molecule has 1 rings (SSSR count). The number of aryl methyl sites for hydroxylation is 1. The number of nitrogens with one attached hydrogen (secondary N) is 1. The zero-order valence-corrected chi connectivity index (χ0v) is 8.90. The molecule has 1 aromatic carbocycles. The van der Waals surface area contributed by atoms with Gasteiger partial charge in [-0.1, -0.05) is 29.8 Å². The van der Waals surface area contributed by atoms with Gasteiger partial charge in [0.05, 0.1) is 0 Å². The Balaban J connectivity index is 2.57. The lowest BCUT2D eigenvalue weighted by atomic mass is 10.1. The molecule has 0 heterocycles. The minimum absolute atomic E-state index is 0.112. The van der Waals surface area contributed by atoms with Gasteiger partial charge in [-0.25, -0.2) is 4.79 Å². The molecule has 0 aliphatic carbocycles. The summed E-state index contributed by atoms with van der Waals surface area (Å²) in [5, 5.41) is 11.4. The fraction of sp³-hybridized carbons (Fsp3) is 0.250. The average molecular weight is 205 g/mol. The lowest BCUT2D eigenvalue weighted by Crippen LogP contribution is -2.12. The van der Waals surface area contributed by atoms with Gasteiger partial charge in [0.1, 0.15) is 0 Å². The monoisotopic (exact) mass is 205 g/mol. The van der Waals surface area contributed by atoms with Crippen LogP contribution in [0.25, 0.3) is 0 Å². The molecule has 15 heavy (non-hydrogen) atoms. The van der Waals surface area contributed by atoms with Crippen LogP contribution >= 0.6 is 0 Å². The number of carboxylic acid groups (broad SMARTS) is 1. The van der Waals surface area contributed by atoms with Crippen molar-refractivity contribution < 1.29 is 9.90 Å². The van der Waals surface area contributed by atoms with Gasteiger partial charge < -0.3 is 10.4 Å². The van der Waals surface area contributed by atoms with Crippen molar-refractivity contribution in [1.29, 1.82) is 0 Å². The van der Waals surface area contributed by atoms with Crippen molar-refractivity contribution in [3.63, 3.8) is 0 Å². The Hall–Kier alpha value is -1.77. The Morgan fingerprint density at radius 1 is 1.40 bits per heavy atom. The lowest BCUT2D eigenvalue weighted by molar-refractivity contribution is -0.131. The van der Waals surface area contributed by atoms with Crippen molar-refractivity contribution >= 4 is 5.97 Å². The smallest absolute Gasteiger partial charge is 0.329 e. The van der Waals surface area contributed by atoms with E-state index < -0.39 is 5.97 Å². The van der Waals surface area contributed by atoms with Gasteiger partial charge in [0.2, 0.25) is 0 Å². The molecule has 0 aliphatic heterocycles. The summed E-state index contributed by atoms with van der Waals surface area (Å²) in [5.41, 5.74) is 2.35. The molecule has 0 bridgehead atoms. The van der Waals surface area contributed by atoms with Crippen molar-refractivity contribution in [2.75, 3.05) is 0 Å². The molecule has 1 aromatic rings. The molecule has 3 heteroatoms. The molecular weight excluding hydrogens is 190 g/mol. The van der Waals surface area contributed by atoms with E-state index in [1.54, 1.807) is 0 Å². The Labute approximate surface area is 89.4 Å². The van der Waals surface area contributed by atoms with Crippen molar-refractivity contribution in [1.82, 2.24) is 5.32 Å². The summed E-state index contributed by atoms with van der Waals surface area (Å²) in [4.78, 5) is 10.2. The second kappa shape index (κ2) is 5.20. The fourth-order valence-corrected chi connectivity index (χ4v) is 1.22. The van der Waals surface area contributed by atoms with Gasteiger partial charge in [0.25, 0.3) is 0 Å². The summed E-state index contributed by atoms with van der Waals surface area (Å²) >= 11 is 0. The lowest BCUT2D eigenvalue weighted by Gasteiger charge is -2.11. The molecule has 3 nitrogen and oxygen atoms in total. The third-order valence-corrected chi connectivity index (χ3v) is 2.15. The molecule has 0 fully saturated rings. The number of aliphatic carboxylic acids is 1. The van der Waals surface area contributed by atoms with Gasteiger partial charge in [-0.15, -0.1) is 0 Å². The van der Waals surface area contributed by atoms with Crippen molar-refractivity contribution in [3.05, 3.63) is 47.7 Å². The van der Waals surface area contributed by atoms with Gasteiger partial charge in [-0.05, 0) is 19.4 Å². The van der Waals surface area contributed by atoms with E-state index in [0.717, 1.165) is 11.6 Å². The number of carbonyl (C=O) groups is 1. The molecule has 0 amide bonds. The summed E-state index contributed by atoms with van der Waals surface area (Å²) in [5.74, 6) is -0.946. The largest absolute Gasteiger partial charge is 0.478 e. The predicted molar refractivity (Wildman–Crippen MR) is 59.5 cm³/mol. The SMILES string of the molecule is Cc1ccc([C@H](C)N/C=C/C(=O)O)cc1. The number of hydrogen-bond acceptors (Lipinski definition) is 2. The molecule has 1 atom stereocenters. The van der Waals surface area contributed by atoms with Crippen LogP contribution in [0.1, 0.15) is 24.1 Å². The van der Waals surface area contributed by atoms with Crippen LogP contribution < -0.4 is 5.32 Å². The van der Waals surface area contributed by atoms with E-state index in [-0.39, 0.29) is 6.04 Å². The standard InChI is InChI=1S/C12H15NO2/c1-9-3-5-11(6-4-9)10(2)13-8-7-12(14)15/h3-8,10,13H,1-2H3,(H,14,15)/b8-7+/t10-/m0/s1. The second-order valence-electron chi connectivity index (χ2n) is 3.47. The fourth-order valence-electron chi connectivity index (χ4n) is 1.22. The molecule has 0 saturated carbocycles. The first kappa shape index (κ1) is 11.3. The zero-order chi connectivity index (χ0) is 11.3. The van der Waals surface area contributed by atoms with Crippen LogP contribution in [-0.4, -0.2) is 11.1 Å². The average Bonchev–Trinajstić information content (AvgIpc) is 2.18. The minimum atomic E-state index is -0.946. The van der Waals surface area contributed by atoms with Crippen molar-refractivity contribution in [3.8, 4) is 0 Å². The van der Waals surface area contributed by atoms with E-state index in [9.17, 15) is 4.79 Å². The Bertz CT molecular complexity index is 354. The second-order valence-corrected chi connectivity index (χ2v) is 3.47. The normalized spacial score (nSPS) is 12.7. The summed E-state index contributed by atoms with van der Waals surface area (Å²) in [6, 6.07) is 8.24. The maximum Gasteiger partial charge on any atom is 0.329 e. The van der Waals surface area contributed by atoms with E-state index in [2.05, 4.69) is 5.32 Å². The number of carboxylic acids is 1. The number of benzene rings is 1. The van der Waals surface area contributed by atoms with E-state index in [0.29, 0.717) is 0 Å². The van der Waals surface area contributed by atoms with Crippen LogP contribution in [0.3, 0.4) is 0 Å². The third-order valence-electron chi connectivity index (χ3n) is 2.15. The molecule has 0 aliphatic rings. The van der Waals surface area contributed by atoms with Gasteiger partial charge in [0.15, 0.2) is 0 Å². The number of hydrogen-bond donors (Lipinski definition) is 2. The third kappa shape index (κ3) is 3.85. The van der Waals surface area contributed by atoms with E-state index >= 15 is 0 Å². The van der Waals surface area contributed by atoms with Crippen molar-refractivity contribution in [2.24, 2.45) is 0 Å². The maximum atomic E-state index is 10.2. The highest BCUT2D eigenvalue weighted by Gasteiger charge is 2.01. The van der Waals surface area contributed by atoms with Gasteiger partial charge in [-0.3, -0.25) is 0 Å². The molecular formula is C12H15NO2. The van der Waals surface area contributed by atoms with Crippen molar-refractivity contribution in [2.45, 2.75) is 19.9 Å². The minimum Gasteiger partial charge on any atom is -0.478 e. The highest BCUT2D eigenvalue weighted by molar-refractivity contribution is 5.79. The highest BCUT2D eigenvalue weighted by atomic mass is 16.4. The van der Waals surface area contributed by atoms with Crippen LogP contribution in [0.4, 0.5) is 0 Å². The molecule has 0 aromatic heterocycles. The molecule has 0 saturated heterocycles. The molecule has 0 radical (unpaired) electrons. The highest BCUT2D eigenvalue weighted by Crippen LogP contribution is 2.12. The first-order chi connectivity index (χ1) is 7.09. The van der Waals surface area contributed by atoms with E-state index in [4.69, 9.17) is 5.11 Å². The van der Waals surface area contributed by atoms with E-state index in [1.165, 1.54) is 11.8 Å². The first-order valence-corrected chi connectivity index (χ1v) is 4.81. The van der Waals surface area contributed by atoms with Crippen LogP contribution in [0.2, 0.25) is 0 Å². The maximum absolute atomic E-state index is 10.2. The topological polar surface area (TPSA) is 49.3 Å². The summed E-state index contributed by atoms with van der Waals surface area (Å²) < 4.78 is 0. The molecule has 80 valence electrons.